The predicted octanol–water partition coefficient (Wildman–Crippen LogP) is 8.48. The third-order valence-corrected chi connectivity index (χ3v) is 9.88. The number of rotatable bonds is 10. The summed E-state index contributed by atoms with van der Waals surface area (Å²) in [5.41, 5.74) is 2.41. The molecule has 1 atom stereocenters. The van der Waals surface area contributed by atoms with E-state index in [2.05, 4.69) is 16.0 Å². The van der Waals surface area contributed by atoms with E-state index in [1.807, 2.05) is 30.3 Å². The average Bonchev–Trinajstić information content (AvgIpc) is 3.20. The molecule has 0 heterocycles. The van der Waals surface area contributed by atoms with Crippen molar-refractivity contribution < 1.29 is 28.4 Å². The summed E-state index contributed by atoms with van der Waals surface area (Å²) in [4.78, 5) is 68.4. The van der Waals surface area contributed by atoms with Crippen molar-refractivity contribution in [3.8, 4) is 0 Å². The number of anilines is 2. The van der Waals surface area contributed by atoms with E-state index >= 15 is 0 Å². The van der Waals surface area contributed by atoms with Gasteiger partial charge in [0.2, 0.25) is 5.91 Å². The Labute approximate surface area is 314 Å². The van der Waals surface area contributed by atoms with Gasteiger partial charge >= 0.3 is 0 Å². The van der Waals surface area contributed by atoms with Gasteiger partial charge < -0.3 is 16.0 Å². The molecule has 8 nitrogen and oxygen atoms in total. The van der Waals surface area contributed by atoms with Crippen LogP contribution in [0.1, 0.15) is 58.6 Å². The SMILES string of the molecule is O=C(Nc1cccc(SC(C(=O)Nc2cccc3c2C(=O)c2ccccc2C3=O)c2ccccc2)c1)/C(=C\c1ccccc1F)NC(=O)c1ccccc1. The maximum Gasteiger partial charge on any atom is 0.272 e. The molecule has 7 rings (SSSR count). The van der Waals surface area contributed by atoms with Crippen molar-refractivity contribution in [2.45, 2.75) is 10.1 Å². The number of carbonyl (C=O) groups excluding carboxylic acids is 5. The minimum absolute atomic E-state index is 0.104. The van der Waals surface area contributed by atoms with Crippen molar-refractivity contribution in [3.05, 3.63) is 202 Å². The molecule has 3 N–H and O–H groups in total. The molecule has 1 aliphatic rings. The summed E-state index contributed by atoms with van der Waals surface area (Å²) in [7, 11) is 0. The third-order valence-electron chi connectivity index (χ3n) is 8.63. The van der Waals surface area contributed by atoms with Gasteiger partial charge in [-0.05, 0) is 54.1 Å². The Balaban J connectivity index is 1.15. The van der Waals surface area contributed by atoms with Crippen molar-refractivity contribution in [3.63, 3.8) is 0 Å². The first-order valence-electron chi connectivity index (χ1n) is 16.8. The quantitative estimate of drug-likeness (QED) is 0.0959. The molecule has 0 saturated carbocycles. The summed E-state index contributed by atoms with van der Waals surface area (Å²) in [5, 5.41) is 7.48. The molecule has 6 aromatic rings. The van der Waals surface area contributed by atoms with E-state index in [1.54, 1.807) is 103 Å². The molecule has 0 fully saturated rings. The lowest BCUT2D eigenvalue weighted by Crippen LogP contribution is -2.30. The molecule has 0 radical (unpaired) electrons. The van der Waals surface area contributed by atoms with Gasteiger partial charge in [0.1, 0.15) is 16.8 Å². The van der Waals surface area contributed by atoms with Crippen LogP contribution in [0.2, 0.25) is 0 Å². The van der Waals surface area contributed by atoms with E-state index in [0.29, 0.717) is 27.3 Å². The largest absolute Gasteiger partial charge is 0.324 e. The highest BCUT2D eigenvalue weighted by Crippen LogP contribution is 2.39. The number of fused-ring (bicyclic) bond motifs is 2. The van der Waals surface area contributed by atoms with Gasteiger partial charge in [0.05, 0.1) is 11.3 Å². The van der Waals surface area contributed by atoms with Crippen LogP contribution in [-0.4, -0.2) is 29.3 Å². The second-order valence-corrected chi connectivity index (χ2v) is 13.4. The molecule has 0 saturated heterocycles. The first-order chi connectivity index (χ1) is 26.3. The van der Waals surface area contributed by atoms with E-state index in [9.17, 15) is 28.4 Å². The monoisotopic (exact) mass is 731 g/mol. The van der Waals surface area contributed by atoms with Crippen LogP contribution in [0.4, 0.5) is 15.8 Å². The topological polar surface area (TPSA) is 121 Å². The first kappa shape index (κ1) is 35.5. The van der Waals surface area contributed by atoms with Crippen LogP contribution in [0, 0.1) is 5.82 Å². The lowest BCUT2D eigenvalue weighted by atomic mass is 9.83. The lowest BCUT2D eigenvalue weighted by Gasteiger charge is -2.22. The highest BCUT2D eigenvalue weighted by atomic mass is 32.2. The first-order valence-corrected chi connectivity index (χ1v) is 17.7. The van der Waals surface area contributed by atoms with Gasteiger partial charge in [-0.25, -0.2) is 4.39 Å². The van der Waals surface area contributed by atoms with E-state index in [-0.39, 0.29) is 45.2 Å². The summed E-state index contributed by atoms with van der Waals surface area (Å²) in [5.74, 6) is -2.91. The zero-order valence-corrected chi connectivity index (χ0v) is 29.2. The Morgan fingerprint density at radius 1 is 0.630 bits per heavy atom. The second kappa shape index (κ2) is 15.8. The summed E-state index contributed by atoms with van der Waals surface area (Å²) in [6.07, 6.45) is 1.26. The zero-order chi connectivity index (χ0) is 37.6. The van der Waals surface area contributed by atoms with Crippen molar-refractivity contribution >= 4 is 58.5 Å². The van der Waals surface area contributed by atoms with Gasteiger partial charge in [0.15, 0.2) is 11.6 Å². The number of hydrogen-bond donors (Lipinski definition) is 3. The normalized spacial score (nSPS) is 12.6. The van der Waals surface area contributed by atoms with Crippen LogP contribution in [-0.2, 0) is 9.59 Å². The van der Waals surface area contributed by atoms with Gasteiger partial charge in [-0.3, -0.25) is 24.0 Å². The number of amides is 3. The molecule has 0 aromatic heterocycles. The maximum atomic E-state index is 14.6. The number of benzene rings is 6. The molecule has 264 valence electrons. The van der Waals surface area contributed by atoms with Crippen molar-refractivity contribution in [1.82, 2.24) is 5.32 Å². The molecule has 0 aliphatic heterocycles. The zero-order valence-electron chi connectivity index (χ0n) is 28.4. The van der Waals surface area contributed by atoms with E-state index in [4.69, 9.17) is 0 Å². The Hall–Kier alpha value is -6.91. The van der Waals surface area contributed by atoms with Crippen molar-refractivity contribution in [2.75, 3.05) is 10.6 Å². The van der Waals surface area contributed by atoms with Crippen molar-refractivity contribution in [1.29, 1.82) is 0 Å². The van der Waals surface area contributed by atoms with Crippen LogP contribution in [0.5, 0.6) is 0 Å². The third kappa shape index (κ3) is 7.64. The van der Waals surface area contributed by atoms with Gasteiger partial charge in [0.25, 0.3) is 11.8 Å². The summed E-state index contributed by atoms with van der Waals surface area (Å²) in [6.45, 7) is 0. The number of halogens is 1. The summed E-state index contributed by atoms with van der Waals surface area (Å²) in [6, 6.07) is 41.5. The Morgan fingerprint density at radius 2 is 1.26 bits per heavy atom. The van der Waals surface area contributed by atoms with E-state index in [1.165, 1.54) is 36.0 Å². The summed E-state index contributed by atoms with van der Waals surface area (Å²) < 4.78 is 14.6. The number of thioether (sulfide) groups is 1. The highest BCUT2D eigenvalue weighted by molar-refractivity contribution is 8.00. The molecular formula is C44H30FN3O5S. The number of hydrogen-bond acceptors (Lipinski definition) is 6. The molecule has 1 unspecified atom stereocenters. The van der Waals surface area contributed by atoms with Gasteiger partial charge in [-0.15, -0.1) is 11.8 Å². The van der Waals surface area contributed by atoms with Crippen LogP contribution >= 0.6 is 11.8 Å². The fraction of sp³-hybridized carbons (Fsp3) is 0.0227. The molecule has 3 amide bonds. The van der Waals surface area contributed by atoms with Crippen LogP contribution in [0.15, 0.2) is 162 Å². The van der Waals surface area contributed by atoms with Crippen molar-refractivity contribution in [2.24, 2.45) is 0 Å². The maximum absolute atomic E-state index is 14.6. The fourth-order valence-corrected chi connectivity index (χ4v) is 7.10. The predicted molar refractivity (Wildman–Crippen MR) is 207 cm³/mol. The van der Waals surface area contributed by atoms with E-state index in [0.717, 1.165) is 0 Å². The number of nitrogens with one attached hydrogen (secondary N) is 3. The molecule has 0 spiro atoms. The standard InChI is InChI=1S/C44H30FN3O5S/c45-35-23-10-7-17-29(35)25-37(48-42(51)28-15-5-2-6-16-28)43(52)46-30-18-11-19-31(26-30)54-41(27-13-3-1-4-14-27)44(53)47-36-24-12-22-34-38(36)40(50)33-21-9-8-20-32(33)39(34)49/h1-26,41H,(H,46,52)(H,47,53)(H,48,51)/b37-25+. The molecular weight excluding hydrogens is 702 g/mol. The fourth-order valence-electron chi connectivity index (χ4n) is 6.02. The minimum atomic E-state index is -0.823. The smallest absolute Gasteiger partial charge is 0.272 e. The molecule has 54 heavy (non-hydrogen) atoms. The molecule has 6 aromatic carbocycles. The molecule has 10 heteroatoms. The van der Waals surface area contributed by atoms with Gasteiger partial charge in [0, 0.05) is 38.4 Å². The Morgan fingerprint density at radius 3 is 2.00 bits per heavy atom. The molecule has 1 aliphatic carbocycles. The lowest BCUT2D eigenvalue weighted by molar-refractivity contribution is -0.116. The van der Waals surface area contributed by atoms with Crippen LogP contribution in [0.3, 0.4) is 0 Å². The van der Waals surface area contributed by atoms with Crippen LogP contribution in [0.25, 0.3) is 6.08 Å². The van der Waals surface area contributed by atoms with E-state index < -0.39 is 28.8 Å². The average molecular weight is 732 g/mol. The number of ketones is 2. The molecule has 0 bridgehead atoms. The van der Waals surface area contributed by atoms with Gasteiger partial charge in [-0.2, -0.15) is 0 Å². The number of carbonyl (C=O) groups is 5. The van der Waals surface area contributed by atoms with Gasteiger partial charge in [-0.1, -0.05) is 109 Å². The Bertz CT molecular complexity index is 2470. The second-order valence-electron chi connectivity index (χ2n) is 12.2. The summed E-state index contributed by atoms with van der Waals surface area (Å²) >= 11 is 1.21. The minimum Gasteiger partial charge on any atom is -0.324 e. The van der Waals surface area contributed by atoms with Crippen LogP contribution < -0.4 is 16.0 Å². The Kier molecular flexibility index (Phi) is 10.4. The highest BCUT2D eigenvalue weighted by Gasteiger charge is 2.33.